The SMILES string of the molecule is O[C@@H](c1ccccc1)c1cncs1. The van der Waals surface area contributed by atoms with Crippen molar-refractivity contribution in [2.45, 2.75) is 6.10 Å². The van der Waals surface area contributed by atoms with Crippen LogP contribution in [-0.2, 0) is 0 Å². The van der Waals surface area contributed by atoms with Crippen molar-refractivity contribution >= 4 is 11.3 Å². The van der Waals surface area contributed by atoms with E-state index in [4.69, 9.17) is 0 Å². The molecule has 2 aromatic rings. The van der Waals surface area contributed by atoms with E-state index in [2.05, 4.69) is 4.98 Å². The van der Waals surface area contributed by atoms with E-state index in [1.165, 1.54) is 11.3 Å². The molecule has 0 unspecified atom stereocenters. The van der Waals surface area contributed by atoms with E-state index in [-0.39, 0.29) is 0 Å². The number of hydrogen-bond acceptors (Lipinski definition) is 3. The molecule has 0 spiro atoms. The van der Waals surface area contributed by atoms with Crippen LogP contribution in [0.3, 0.4) is 0 Å². The van der Waals surface area contributed by atoms with Crippen molar-refractivity contribution in [3.05, 3.63) is 52.5 Å². The molecular formula is C10H9NOS. The molecule has 1 heterocycles. The summed E-state index contributed by atoms with van der Waals surface area (Å²) in [5.74, 6) is 0. The van der Waals surface area contributed by atoms with E-state index < -0.39 is 6.10 Å². The second-order valence-electron chi connectivity index (χ2n) is 2.72. The first-order chi connectivity index (χ1) is 6.38. The summed E-state index contributed by atoms with van der Waals surface area (Å²) in [6.45, 7) is 0. The molecule has 0 saturated carbocycles. The normalized spacial score (nSPS) is 12.7. The van der Waals surface area contributed by atoms with Gasteiger partial charge < -0.3 is 5.11 Å². The third-order valence-corrected chi connectivity index (χ3v) is 2.66. The minimum atomic E-state index is -0.534. The van der Waals surface area contributed by atoms with Gasteiger partial charge >= 0.3 is 0 Å². The summed E-state index contributed by atoms with van der Waals surface area (Å²) in [7, 11) is 0. The summed E-state index contributed by atoms with van der Waals surface area (Å²) in [6, 6.07) is 9.58. The summed E-state index contributed by atoms with van der Waals surface area (Å²) < 4.78 is 0. The molecular weight excluding hydrogens is 182 g/mol. The number of nitrogens with zero attached hydrogens (tertiary/aromatic N) is 1. The Kier molecular flexibility index (Phi) is 2.38. The molecule has 3 heteroatoms. The Labute approximate surface area is 80.5 Å². The molecule has 0 bridgehead atoms. The van der Waals surface area contributed by atoms with Crippen molar-refractivity contribution in [1.82, 2.24) is 4.98 Å². The highest BCUT2D eigenvalue weighted by Gasteiger charge is 2.10. The van der Waals surface area contributed by atoms with Crippen molar-refractivity contribution in [3.63, 3.8) is 0 Å². The Morgan fingerprint density at radius 3 is 2.62 bits per heavy atom. The molecule has 0 saturated heterocycles. The van der Waals surface area contributed by atoms with E-state index in [1.807, 2.05) is 30.3 Å². The van der Waals surface area contributed by atoms with Crippen molar-refractivity contribution < 1.29 is 5.11 Å². The van der Waals surface area contributed by atoms with Gasteiger partial charge in [0.2, 0.25) is 0 Å². The van der Waals surface area contributed by atoms with Gasteiger partial charge in [-0.3, -0.25) is 4.98 Å². The van der Waals surface area contributed by atoms with Crippen LogP contribution in [0.1, 0.15) is 16.5 Å². The van der Waals surface area contributed by atoms with Gasteiger partial charge in [-0.2, -0.15) is 0 Å². The van der Waals surface area contributed by atoms with Crippen LogP contribution in [0.2, 0.25) is 0 Å². The predicted molar refractivity (Wildman–Crippen MR) is 52.6 cm³/mol. The summed E-state index contributed by atoms with van der Waals surface area (Å²) in [4.78, 5) is 4.81. The standard InChI is InChI=1S/C10H9NOS/c12-10(9-6-11-7-13-9)8-4-2-1-3-5-8/h1-7,10,12H/t10-/m0/s1. The number of rotatable bonds is 2. The number of benzene rings is 1. The van der Waals surface area contributed by atoms with Gasteiger partial charge in [0.05, 0.1) is 10.4 Å². The average Bonchev–Trinajstić information content (AvgIpc) is 2.71. The fraction of sp³-hybridized carbons (Fsp3) is 0.100. The van der Waals surface area contributed by atoms with Gasteiger partial charge in [-0.15, -0.1) is 11.3 Å². The Morgan fingerprint density at radius 1 is 1.23 bits per heavy atom. The Bertz CT molecular complexity index is 358. The molecule has 2 nitrogen and oxygen atoms in total. The predicted octanol–water partition coefficient (Wildman–Crippen LogP) is 2.22. The molecule has 0 aliphatic carbocycles. The van der Waals surface area contributed by atoms with Crippen LogP contribution in [-0.4, -0.2) is 10.1 Å². The van der Waals surface area contributed by atoms with E-state index in [0.29, 0.717) is 0 Å². The van der Waals surface area contributed by atoms with Crippen molar-refractivity contribution in [1.29, 1.82) is 0 Å². The van der Waals surface area contributed by atoms with E-state index >= 15 is 0 Å². The van der Waals surface area contributed by atoms with Crippen LogP contribution in [0.5, 0.6) is 0 Å². The van der Waals surface area contributed by atoms with Crippen LogP contribution < -0.4 is 0 Å². The quantitative estimate of drug-likeness (QED) is 0.789. The third kappa shape index (κ3) is 1.76. The summed E-state index contributed by atoms with van der Waals surface area (Å²) >= 11 is 1.46. The smallest absolute Gasteiger partial charge is 0.115 e. The first-order valence-corrected chi connectivity index (χ1v) is 4.87. The van der Waals surface area contributed by atoms with Crippen LogP contribution in [0.15, 0.2) is 42.0 Å². The zero-order valence-electron chi connectivity index (χ0n) is 6.92. The molecule has 1 N–H and O–H groups in total. The summed E-state index contributed by atoms with van der Waals surface area (Å²) in [5.41, 5.74) is 2.63. The maximum absolute atomic E-state index is 9.85. The molecule has 0 aliphatic heterocycles. The van der Waals surface area contributed by atoms with Gasteiger partial charge in [-0.05, 0) is 5.56 Å². The number of thiazole rings is 1. The van der Waals surface area contributed by atoms with Gasteiger partial charge in [0.1, 0.15) is 6.10 Å². The fourth-order valence-electron chi connectivity index (χ4n) is 1.16. The first-order valence-electron chi connectivity index (χ1n) is 3.99. The lowest BCUT2D eigenvalue weighted by Crippen LogP contribution is -1.95. The lowest BCUT2D eigenvalue weighted by Gasteiger charge is -2.06. The molecule has 1 aromatic heterocycles. The molecule has 0 amide bonds. The Hall–Kier alpha value is -1.19. The van der Waals surface area contributed by atoms with E-state index in [9.17, 15) is 5.11 Å². The summed E-state index contributed by atoms with van der Waals surface area (Å²) in [6.07, 6.45) is 1.16. The van der Waals surface area contributed by atoms with Crippen LogP contribution in [0, 0.1) is 0 Å². The zero-order valence-corrected chi connectivity index (χ0v) is 7.74. The minimum Gasteiger partial charge on any atom is -0.383 e. The molecule has 66 valence electrons. The molecule has 1 atom stereocenters. The minimum absolute atomic E-state index is 0.534. The van der Waals surface area contributed by atoms with E-state index in [1.54, 1.807) is 11.7 Å². The summed E-state index contributed by atoms with van der Waals surface area (Å²) in [5, 5.41) is 9.85. The van der Waals surface area contributed by atoms with Crippen molar-refractivity contribution in [2.75, 3.05) is 0 Å². The van der Waals surface area contributed by atoms with Crippen LogP contribution >= 0.6 is 11.3 Å². The molecule has 2 rings (SSSR count). The number of aliphatic hydroxyl groups excluding tert-OH is 1. The lowest BCUT2D eigenvalue weighted by atomic mass is 10.1. The highest BCUT2D eigenvalue weighted by Crippen LogP contribution is 2.23. The molecule has 13 heavy (non-hydrogen) atoms. The zero-order chi connectivity index (χ0) is 9.10. The van der Waals surface area contributed by atoms with Gasteiger partial charge in [-0.25, -0.2) is 0 Å². The third-order valence-electron chi connectivity index (χ3n) is 1.84. The fourth-order valence-corrected chi connectivity index (χ4v) is 1.79. The lowest BCUT2D eigenvalue weighted by molar-refractivity contribution is 0.224. The first kappa shape index (κ1) is 8.41. The van der Waals surface area contributed by atoms with Gasteiger partial charge in [0.15, 0.2) is 0 Å². The topological polar surface area (TPSA) is 33.1 Å². The highest BCUT2D eigenvalue weighted by molar-refractivity contribution is 7.09. The van der Waals surface area contributed by atoms with Gasteiger partial charge in [0, 0.05) is 6.20 Å². The largest absolute Gasteiger partial charge is 0.383 e. The second-order valence-corrected chi connectivity index (χ2v) is 3.63. The Balaban J connectivity index is 2.29. The Morgan fingerprint density at radius 2 is 2.00 bits per heavy atom. The van der Waals surface area contributed by atoms with E-state index in [0.717, 1.165) is 10.4 Å². The number of aliphatic hydroxyl groups is 1. The second kappa shape index (κ2) is 3.68. The van der Waals surface area contributed by atoms with Gasteiger partial charge in [-0.1, -0.05) is 30.3 Å². The monoisotopic (exact) mass is 191 g/mol. The average molecular weight is 191 g/mol. The van der Waals surface area contributed by atoms with Crippen LogP contribution in [0.4, 0.5) is 0 Å². The van der Waals surface area contributed by atoms with Gasteiger partial charge in [0.25, 0.3) is 0 Å². The molecule has 1 aromatic carbocycles. The van der Waals surface area contributed by atoms with Crippen molar-refractivity contribution in [3.8, 4) is 0 Å². The molecule has 0 fully saturated rings. The molecule has 0 aliphatic rings. The number of aromatic nitrogens is 1. The van der Waals surface area contributed by atoms with Crippen LogP contribution in [0.25, 0.3) is 0 Å². The highest BCUT2D eigenvalue weighted by atomic mass is 32.1. The molecule has 0 radical (unpaired) electrons. The maximum Gasteiger partial charge on any atom is 0.115 e. The number of hydrogen-bond donors (Lipinski definition) is 1. The van der Waals surface area contributed by atoms with Crippen molar-refractivity contribution in [2.24, 2.45) is 0 Å². The maximum atomic E-state index is 9.85.